The molecule has 2 heterocycles. The summed E-state index contributed by atoms with van der Waals surface area (Å²) in [6.45, 7) is 1.12. The third kappa shape index (κ3) is 1.17. The number of fused-ring (bicyclic) bond motifs is 3. The van der Waals surface area contributed by atoms with Gasteiger partial charge in [-0.15, -0.1) is 0 Å². The molecule has 1 aliphatic carbocycles. The van der Waals surface area contributed by atoms with Gasteiger partial charge in [-0.25, -0.2) is 0 Å². The molecule has 0 amide bonds. The van der Waals surface area contributed by atoms with Gasteiger partial charge in [0.25, 0.3) is 0 Å². The Morgan fingerprint density at radius 2 is 2.33 bits per heavy atom. The summed E-state index contributed by atoms with van der Waals surface area (Å²) in [5, 5.41) is 3.85. The quantitative estimate of drug-likeness (QED) is 0.333. The van der Waals surface area contributed by atoms with Crippen molar-refractivity contribution < 1.29 is 0 Å². The van der Waals surface area contributed by atoms with Crippen LogP contribution in [0.15, 0.2) is 5.11 Å². The van der Waals surface area contributed by atoms with Gasteiger partial charge in [0.15, 0.2) is 0 Å². The smallest absolute Gasteiger partial charge is 0.0429 e. The van der Waals surface area contributed by atoms with E-state index in [1.54, 1.807) is 0 Å². The van der Waals surface area contributed by atoms with Crippen LogP contribution in [-0.4, -0.2) is 30.6 Å². The maximum atomic E-state index is 8.36. The lowest BCUT2D eigenvalue weighted by Gasteiger charge is -2.46. The summed E-state index contributed by atoms with van der Waals surface area (Å²) < 4.78 is 0. The second-order valence-electron chi connectivity index (χ2n) is 3.94. The van der Waals surface area contributed by atoms with E-state index in [9.17, 15) is 0 Å². The van der Waals surface area contributed by atoms with Crippen molar-refractivity contribution in [2.24, 2.45) is 11.0 Å². The Hall–Kier alpha value is -0.730. The van der Waals surface area contributed by atoms with Gasteiger partial charge in [0.2, 0.25) is 0 Å². The van der Waals surface area contributed by atoms with Crippen molar-refractivity contribution in [1.82, 2.24) is 4.90 Å². The molecule has 0 radical (unpaired) electrons. The van der Waals surface area contributed by atoms with Crippen LogP contribution >= 0.6 is 0 Å². The maximum absolute atomic E-state index is 8.36. The molecular formula is C8H14N4. The van der Waals surface area contributed by atoms with E-state index in [0.717, 1.165) is 13.0 Å². The highest BCUT2D eigenvalue weighted by atomic mass is 15.2. The molecule has 3 aliphatic rings. The summed E-state index contributed by atoms with van der Waals surface area (Å²) in [6, 6.07) is 0.954. The third-order valence-electron chi connectivity index (χ3n) is 3.27. The summed E-state index contributed by atoms with van der Waals surface area (Å²) in [7, 11) is 2.17. The van der Waals surface area contributed by atoms with Crippen molar-refractivity contribution in [3.05, 3.63) is 10.4 Å². The lowest BCUT2D eigenvalue weighted by molar-refractivity contribution is 0.0557. The van der Waals surface area contributed by atoms with Gasteiger partial charge in [0, 0.05) is 23.5 Å². The standard InChI is InChI=1S/C8H14N4/c1-12-5-6-2-3-7(12)4-8(6)10-11-9/h6-8H,2-5H2,1H3. The largest absolute Gasteiger partial charge is 0.303 e. The van der Waals surface area contributed by atoms with Gasteiger partial charge in [-0.1, -0.05) is 5.11 Å². The van der Waals surface area contributed by atoms with Crippen LogP contribution < -0.4 is 0 Å². The van der Waals surface area contributed by atoms with E-state index in [2.05, 4.69) is 22.0 Å². The molecule has 1 saturated carbocycles. The molecule has 2 aliphatic heterocycles. The highest BCUT2D eigenvalue weighted by molar-refractivity contribution is 4.95. The summed E-state index contributed by atoms with van der Waals surface area (Å²) in [5.74, 6) is 0.621. The Kier molecular flexibility index (Phi) is 1.95. The zero-order chi connectivity index (χ0) is 8.55. The molecular weight excluding hydrogens is 152 g/mol. The Morgan fingerprint density at radius 3 is 2.83 bits per heavy atom. The van der Waals surface area contributed by atoms with Crippen molar-refractivity contribution in [3.63, 3.8) is 0 Å². The van der Waals surface area contributed by atoms with Gasteiger partial charge in [-0.3, -0.25) is 0 Å². The fourth-order valence-electron chi connectivity index (χ4n) is 2.53. The molecule has 3 atom stereocenters. The molecule has 2 saturated heterocycles. The van der Waals surface area contributed by atoms with Crippen LogP contribution in [0.3, 0.4) is 0 Å². The lowest BCUT2D eigenvalue weighted by atomic mass is 9.77. The van der Waals surface area contributed by atoms with Crippen LogP contribution in [-0.2, 0) is 0 Å². The molecule has 0 aromatic rings. The summed E-state index contributed by atoms with van der Waals surface area (Å²) in [5.41, 5.74) is 8.36. The Bertz CT molecular complexity index is 221. The van der Waals surface area contributed by atoms with Crippen LogP contribution in [0.1, 0.15) is 19.3 Å². The molecule has 66 valence electrons. The topological polar surface area (TPSA) is 52.0 Å². The third-order valence-corrected chi connectivity index (χ3v) is 3.27. The normalized spacial score (nSPS) is 40.9. The van der Waals surface area contributed by atoms with Gasteiger partial charge in [-0.2, -0.15) is 0 Å². The van der Waals surface area contributed by atoms with Crippen LogP contribution in [0, 0.1) is 5.92 Å². The zero-order valence-corrected chi connectivity index (χ0v) is 7.35. The number of piperidine rings is 2. The summed E-state index contributed by atoms with van der Waals surface area (Å²) in [4.78, 5) is 5.31. The van der Waals surface area contributed by atoms with E-state index in [1.807, 2.05) is 0 Å². The fraction of sp³-hybridized carbons (Fsp3) is 1.00. The highest BCUT2D eigenvalue weighted by Crippen LogP contribution is 2.35. The summed E-state index contributed by atoms with van der Waals surface area (Å²) >= 11 is 0. The monoisotopic (exact) mass is 166 g/mol. The van der Waals surface area contributed by atoms with Crippen LogP contribution in [0.5, 0.6) is 0 Å². The van der Waals surface area contributed by atoms with Gasteiger partial charge < -0.3 is 4.90 Å². The zero-order valence-electron chi connectivity index (χ0n) is 7.35. The molecule has 12 heavy (non-hydrogen) atoms. The minimum Gasteiger partial charge on any atom is -0.303 e. The number of hydrogen-bond donors (Lipinski definition) is 0. The van der Waals surface area contributed by atoms with E-state index >= 15 is 0 Å². The predicted molar refractivity (Wildman–Crippen MR) is 46.7 cm³/mol. The van der Waals surface area contributed by atoms with Gasteiger partial charge in [-0.05, 0) is 37.8 Å². The van der Waals surface area contributed by atoms with Crippen molar-refractivity contribution >= 4 is 0 Å². The first-order chi connectivity index (χ1) is 5.81. The predicted octanol–water partition coefficient (Wildman–Crippen LogP) is 1.78. The molecule has 0 aromatic carbocycles. The van der Waals surface area contributed by atoms with Crippen LogP contribution in [0.2, 0.25) is 0 Å². The number of azide groups is 1. The van der Waals surface area contributed by atoms with E-state index in [4.69, 9.17) is 5.53 Å². The molecule has 3 fully saturated rings. The molecule has 4 nitrogen and oxygen atoms in total. The van der Waals surface area contributed by atoms with E-state index in [1.165, 1.54) is 12.8 Å². The van der Waals surface area contributed by atoms with Crippen molar-refractivity contribution in [1.29, 1.82) is 0 Å². The summed E-state index contributed by atoms with van der Waals surface area (Å²) in [6.07, 6.45) is 3.61. The first-order valence-corrected chi connectivity index (χ1v) is 4.55. The minimum atomic E-state index is 0.282. The van der Waals surface area contributed by atoms with Gasteiger partial charge >= 0.3 is 0 Å². The molecule has 2 bridgehead atoms. The molecule has 0 N–H and O–H groups in total. The van der Waals surface area contributed by atoms with Gasteiger partial charge in [0.05, 0.1) is 0 Å². The highest BCUT2D eigenvalue weighted by Gasteiger charge is 2.37. The second-order valence-corrected chi connectivity index (χ2v) is 3.94. The van der Waals surface area contributed by atoms with Crippen molar-refractivity contribution in [2.75, 3.05) is 13.6 Å². The van der Waals surface area contributed by atoms with Crippen LogP contribution in [0.4, 0.5) is 0 Å². The van der Waals surface area contributed by atoms with Crippen molar-refractivity contribution in [3.8, 4) is 0 Å². The number of rotatable bonds is 1. The number of nitrogens with zero attached hydrogens (tertiary/aromatic N) is 4. The Labute approximate surface area is 72.2 Å². The van der Waals surface area contributed by atoms with Gasteiger partial charge in [0.1, 0.15) is 0 Å². The molecule has 0 aromatic heterocycles. The van der Waals surface area contributed by atoms with Crippen molar-refractivity contribution in [2.45, 2.75) is 31.3 Å². The minimum absolute atomic E-state index is 0.282. The molecule has 3 rings (SSSR count). The average Bonchev–Trinajstić information content (AvgIpc) is 2.07. The first kappa shape index (κ1) is 7.90. The maximum Gasteiger partial charge on any atom is 0.0429 e. The molecule has 0 spiro atoms. The molecule has 4 heteroatoms. The van der Waals surface area contributed by atoms with Crippen LogP contribution in [0.25, 0.3) is 10.4 Å². The average molecular weight is 166 g/mol. The Balaban J connectivity index is 2.10. The van der Waals surface area contributed by atoms with E-state index in [-0.39, 0.29) is 6.04 Å². The fourth-order valence-corrected chi connectivity index (χ4v) is 2.53. The lowest BCUT2D eigenvalue weighted by Crippen LogP contribution is -2.51. The number of hydrogen-bond acceptors (Lipinski definition) is 2. The Morgan fingerprint density at radius 1 is 1.50 bits per heavy atom. The van der Waals surface area contributed by atoms with E-state index in [0.29, 0.717) is 12.0 Å². The molecule has 3 unspecified atom stereocenters. The van der Waals surface area contributed by atoms with E-state index < -0.39 is 0 Å². The first-order valence-electron chi connectivity index (χ1n) is 4.55. The second kappa shape index (κ2) is 2.96. The SMILES string of the molecule is CN1CC2CCC1CC2N=[N+]=[N-].